The Bertz CT molecular complexity index is 798. The predicted octanol–water partition coefficient (Wildman–Crippen LogP) is 5.52. The molecule has 0 aliphatic carbocycles. The van der Waals surface area contributed by atoms with E-state index < -0.39 is 0 Å². The van der Waals surface area contributed by atoms with Gasteiger partial charge in [0, 0.05) is 35.6 Å². The fourth-order valence-corrected chi connectivity index (χ4v) is 3.59. The van der Waals surface area contributed by atoms with Crippen molar-refractivity contribution in [2.45, 2.75) is 38.6 Å². The lowest BCUT2D eigenvalue weighted by atomic mass is 9.80. The van der Waals surface area contributed by atoms with E-state index in [0.29, 0.717) is 16.6 Å². The molecule has 0 amide bonds. The zero-order valence-electron chi connectivity index (χ0n) is 14.5. The first kappa shape index (κ1) is 16.8. The van der Waals surface area contributed by atoms with Crippen LogP contribution in [0.2, 0.25) is 5.02 Å². The molecule has 0 aromatic heterocycles. The first-order valence-corrected chi connectivity index (χ1v) is 8.56. The van der Waals surface area contributed by atoms with Gasteiger partial charge in [-0.2, -0.15) is 0 Å². The van der Waals surface area contributed by atoms with Gasteiger partial charge in [0.15, 0.2) is 0 Å². The number of hydrogen-bond acceptors (Lipinski definition) is 3. The van der Waals surface area contributed by atoms with Gasteiger partial charge < -0.3 is 10.0 Å². The van der Waals surface area contributed by atoms with Crippen LogP contribution in [0.4, 0.5) is 11.4 Å². The first-order chi connectivity index (χ1) is 11.3. The number of halogens is 1. The molecule has 0 spiro atoms. The Hall–Kier alpha value is -2.00. The molecule has 0 saturated heterocycles. The number of fused-ring (bicyclic) bond motifs is 1. The Morgan fingerprint density at radius 2 is 2.00 bits per heavy atom. The van der Waals surface area contributed by atoms with Gasteiger partial charge >= 0.3 is 0 Å². The van der Waals surface area contributed by atoms with Crippen molar-refractivity contribution in [1.29, 1.82) is 0 Å². The fourth-order valence-electron chi connectivity index (χ4n) is 3.43. The third-order valence-corrected chi connectivity index (χ3v) is 5.18. The summed E-state index contributed by atoms with van der Waals surface area (Å²) in [6, 6.07) is 11.4. The van der Waals surface area contributed by atoms with Crippen LogP contribution in [0, 0.1) is 0 Å². The van der Waals surface area contributed by atoms with Crippen LogP contribution in [0.1, 0.15) is 44.2 Å². The average molecular weight is 343 g/mol. The molecule has 3 rings (SSSR count). The highest BCUT2D eigenvalue weighted by molar-refractivity contribution is 6.30. The van der Waals surface area contributed by atoms with Crippen molar-refractivity contribution in [2.24, 2.45) is 4.99 Å². The van der Waals surface area contributed by atoms with E-state index in [-0.39, 0.29) is 11.3 Å². The molecule has 2 aromatic carbocycles. The normalized spacial score (nSPS) is 19.5. The number of phenolic OH excluding ortho intramolecular Hbond substituents is 1. The monoisotopic (exact) mass is 342 g/mol. The minimum absolute atomic E-state index is 0.0894. The molecule has 1 heterocycles. The standard InChI is InChI=1S/C20H23ClN2O/c1-13-11-20(2,3)23(4)18-8-5-14(9-16(13)18)12-22-17-7-6-15(21)10-19(17)24/h5-10,12-13,24H,11H2,1-4H3. The van der Waals surface area contributed by atoms with Gasteiger partial charge in [0.05, 0.1) is 0 Å². The number of anilines is 1. The molecule has 3 nitrogen and oxygen atoms in total. The quantitative estimate of drug-likeness (QED) is 0.729. The zero-order chi connectivity index (χ0) is 17.5. The van der Waals surface area contributed by atoms with Gasteiger partial charge in [-0.05, 0) is 61.6 Å². The van der Waals surface area contributed by atoms with Crippen molar-refractivity contribution in [3.63, 3.8) is 0 Å². The van der Waals surface area contributed by atoms with Crippen LogP contribution in [-0.2, 0) is 0 Å². The molecule has 24 heavy (non-hydrogen) atoms. The molecule has 0 fully saturated rings. The lowest BCUT2D eigenvalue weighted by molar-refractivity contribution is 0.395. The second kappa shape index (κ2) is 6.14. The van der Waals surface area contributed by atoms with Gasteiger partial charge in [-0.3, -0.25) is 4.99 Å². The maximum absolute atomic E-state index is 9.89. The number of benzene rings is 2. The van der Waals surface area contributed by atoms with Gasteiger partial charge in [-0.25, -0.2) is 0 Å². The summed E-state index contributed by atoms with van der Waals surface area (Å²) in [4.78, 5) is 6.75. The molecule has 1 unspecified atom stereocenters. The van der Waals surface area contributed by atoms with Crippen molar-refractivity contribution in [3.8, 4) is 5.75 Å². The molecule has 126 valence electrons. The summed E-state index contributed by atoms with van der Waals surface area (Å²) in [6.45, 7) is 6.84. The highest BCUT2D eigenvalue weighted by Gasteiger charge is 2.33. The summed E-state index contributed by atoms with van der Waals surface area (Å²) < 4.78 is 0. The van der Waals surface area contributed by atoms with E-state index in [1.807, 2.05) is 0 Å². The van der Waals surface area contributed by atoms with Gasteiger partial charge in [0.1, 0.15) is 11.4 Å². The van der Waals surface area contributed by atoms with E-state index in [9.17, 15) is 5.11 Å². The number of aliphatic imine (C=N–C) groups is 1. The molecule has 1 N–H and O–H groups in total. The fraction of sp³-hybridized carbons (Fsp3) is 0.350. The van der Waals surface area contributed by atoms with Gasteiger partial charge in [0.2, 0.25) is 0 Å². The molecule has 0 saturated carbocycles. The topological polar surface area (TPSA) is 35.8 Å². The minimum Gasteiger partial charge on any atom is -0.506 e. The van der Waals surface area contributed by atoms with E-state index in [1.54, 1.807) is 18.3 Å². The van der Waals surface area contributed by atoms with Crippen LogP contribution < -0.4 is 4.90 Å². The van der Waals surface area contributed by atoms with Gasteiger partial charge in [-0.15, -0.1) is 0 Å². The number of phenols is 1. The van der Waals surface area contributed by atoms with E-state index in [0.717, 1.165) is 12.0 Å². The summed E-state index contributed by atoms with van der Waals surface area (Å²) in [5.41, 5.74) is 4.34. The lowest BCUT2D eigenvalue weighted by Gasteiger charge is -2.45. The Labute approximate surface area is 148 Å². The van der Waals surface area contributed by atoms with Crippen LogP contribution >= 0.6 is 11.6 Å². The van der Waals surface area contributed by atoms with Crippen LogP contribution in [0.25, 0.3) is 0 Å². The number of aromatic hydroxyl groups is 1. The largest absolute Gasteiger partial charge is 0.506 e. The Morgan fingerprint density at radius 1 is 1.25 bits per heavy atom. The number of nitrogens with zero attached hydrogens (tertiary/aromatic N) is 2. The van der Waals surface area contributed by atoms with Crippen LogP contribution in [0.15, 0.2) is 41.4 Å². The first-order valence-electron chi connectivity index (χ1n) is 8.18. The summed E-state index contributed by atoms with van der Waals surface area (Å²) in [5.74, 6) is 0.593. The Balaban J connectivity index is 1.92. The van der Waals surface area contributed by atoms with Crippen molar-refractivity contribution >= 4 is 29.2 Å². The van der Waals surface area contributed by atoms with E-state index in [4.69, 9.17) is 11.6 Å². The Morgan fingerprint density at radius 3 is 2.71 bits per heavy atom. The van der Waals surface area contributed by atoms with Crippen LogP contribution in [-0.4, -0.2) is 23.9 Å². The van der Waals surface area contributed by atoms with Gasteiger partial charge in [-0.1, -0.05) is 24.6 Å². The Kier molecular flexibility index (Phi) is 4.31. The summed E-state index contributed by atoms with van der Waals surface area (Å²) in [5, 5.41) is 10.4. The summed E-state index contributed by atoms with van der Waals surface area (Å²) in [7, 11) is 2.16. The molecule has 1 aliphatic heterocycles. The van der Waals surface area contributed by atoms with Crippen molar-refractivity contribution in [3.05, 3.63) is 52.5 Å². The number of rotatable bonds is 2. The second-order valence-corrected chi connectivity index (χ2v) is 7.62. The third-order valence-electron chi connectivity index (χ3n) is 4.95. The van der Waals surface area contributed by atoms with Gasteiger partial charge in [0.25, 0.3) is 0 Å². The molecule has 0 radical (unpaired) electrons. The molecular weight excluding hydrogens is 320 g/mol. The molecular formula is C20H23ClN2O. The van der Waals surface area contributed by atoms with E-state index in [2.05, 4.69) is 55.9 Å². The smallest absolute Gasteiger partial charge is 0.142 e. The van der Waals surface area contributed by atoms with Crippen LogP contribution in [0.3, 0.4) is 0 Å². The maximum Gasteiger partial charge on any atom is 0.142 e. The highest BCUT2D eigenvalue weighted by atomic mass is 35.5. The molecule has 1 atom stereocenters. The maximum atomic E-state index is 9.89. The number of hydrogen-bond donors (Lipinski definition) is 1. The SMILES string of the molecule is CC1CC(C)(C)N(C)c2ccc(C=Nc3ccc(Cl)cc3O)cc21. The highest BCUT2D eigenvalue weighted by Crippen LogP contribution is 2.42. The van der Waals surface area contributed by atoms with E-state index >= 15 is 0 Å². The van der Waals surface area contributed by atoms with E-state index in [1.165, 1.54) is 17.3 Å². The van der Waals surface area contributed by atoms with Crippen molar-refractivity contribution < 1.29 is 5.11 Å². The molecule has 4 heteroatoms. The second-order valence-electron chi connectivity index (χ2n) is 7.19. The van der Waals surface area contributed by atoms with Crippen molar-refractivity contribution in [1.82, 2.24) is 0 Å². The van der Waals surface area contributed by atoms with Crippen LogP contribution in [0.5, 0.6) is 5.75 Å². The molecule has 2 aromatic rings. The third kappa shape index (κ3) is 3.13. The molecule has 1 aliphatic rings. The minimum atomic E-state index is 0.0894. The summed E-state index contributed by atoms with van der Waals surface area (Å²) >= 11 is 5.85. The average Bonchev–Trinajstić information content (AvgIpc) is 2.51. The zero-order valence-corrected chi connectivity index (χ0v) is 15.3. The predicted molar refractivity (Wildman–Crippen MR) is 102 cm³/mol. The molecule has 0 bridgehead atoms. The summed E-state index contributed by atoms with van der Waals surface area (Å²) in [6.07, 6.45) is 2.91. The lowest BCUT2D eigenvalue weighted by Crippen LogP contribution is -2.45. The van der Waals surface area contributed by atoms with Crippen molar-refractivity contribution in [2.75, 3.05) is 11.9 Å².